The molecule has 5 nitrogen and oxygen atoms in total. The molecular formula is C19H18ClFN4O. The molecule has 2 aromatic carbocycles. The summed E-state index contributed by atoms with van der Waals surface area (Å²) in [6.07, 6.45) is 1.84. The minimum absolute atomic E-state index is 0.0556. The van der Waals surface area contributed by atoms with Crippen molar-refractivity contribution >= 4 is 34.2 Å². The molecule has 3 N–H and O–H groups in total. The van der Waals surface area contributed by atoms with Gasteiger partial charge in [0.15, 0.2) is 5.82 Å². The van der Waals surface area contributed by atoms with E-state index in [2.05, 4.69) is 20.8 Å². The molecule has 0 saturated carbocycles. The number of hydrogen-bond donors (Lipinski definition) is 3. The highest BCUT2D eigenvalue weighted by Crippen LogP contribution is 2.33. The molecule has 0 spiro atoms. The number of nitrogens with zero attached hydrogens (tertiary/aromatic N) is 1. The van der Waals surface area contributed by atoms with Gasteiger partial charge in [-0.1, -0.05) is 23.7 Å². The van der Waals surface area contributed by atoms with Crippen LogP contribution in [0.4, 0.5) is 10.2 Å². The Morgan fingerprint density at radius 3 is 2.96 bits per heavy atom. The SMILES string of the molecule is O=C(Nc1n[nH]c2ccc(-c3c(F)cccc3Cl)cc12)C1CCCNC1. The molecule has 134 valence electrons. The fourth-order valence-electron chi connectivity index (χ4n) is 3.33. The highest BCUT2D eigenvalue weighted by Gasteiger charge is 2.22. The van der Waals surface area contributed by atoms with Gasteiger partial charge in [0.2, 0.25) is 5.91 Å². The first-order chi connectivity index (χ1) is 12.6. The first-order valence-corrected chi connectivity index (χ1v) is 8.95. The van der Waals surface area contributed by atoms with Crippen molar-refractivity contribution in [2.45, 2.75) is 12.8 Å². The molecule has 1 fully saturated rings. The van der Waals surface area contributed by atoms with Crippen molar-refractivity contribution in [2.75, 3.05) is 18.4 Å². The number of hydrogen-bond acceptors (Lipinski definition) is 3. The second kappa shape index (κ2) is 7.05. The number of anilines is 1. The number of aromatic nitrogens is 2. The number of benzene rings is 2. The maximum Gasteiger partial charge on any atom is 0.229 e. The zero-order valence-corrected chi connectivity index (χ0v) is 14.7. The third kappa shape index (κ3) is 3.18. The van der Waals surface area contributed by atoms with E-state index in [1.807, 2.05) is 0 Å². The number of nitrogens with one attached hydrogen (secondary N) is 3. The minimum Gasteiger partial charge on any atom is -0.316 e. The summed E-state index contributed by atoms with van der Waals surface area (Å²) in [4.78, 5) is 12.5. The summed E-state index contributed by atoms with van der Waals surface area (Å²) in [5, 5.41) is 14.3. The molecule has 0 aliphatic carbocycles. The number of carbonyl (C=O) groups excluding carboxylic acids is 1. The molecule has 1 atom stereocenters. The average molecular weight is 373 g/mol. The fourth-order valence-corrected chi connectivity index (χ4v) is 3.60. The highest BCUT2D eigenvalue weighted by atomic mass is 35.5. The molecule has 1 aliphatic rings. The molecule has 0 bridgehead atoms. The lowest BCUT2D eigenvalue weighted by Gasteiger charge is -2.21. The Morgan fingerprint density at radius 2 is 2.19 bits per heavy atom. The zero-order valence-electron chi connectivity index (χ0n) is 14.0. The molecule has 4 rings (SSSR count). The van der Waals surface area contributed by atoms with Crippen LogP contribution >= 0.6 is 11.6 Å². The van der Waals surface area contributed by atoms with Gasteiger partial charge < -0.3 is 10.6 Å². The Labute approximate surface area is 154 Å². The number of H-pyrrole nitrogens is 1. The minimum atomic E-state index is -0.390. The molecule has 1 saturated heterocycles. The van der Waals surface area contributed by atoms with Gasteiger partial charge in [-0.2, -0.15) is 5.10 Å². The topological polar surface area (TPSA) is 69.8 Å². The van der Waals surface area contributed by atoms with Gasteiger partial charge in [-0.15, -0.1) is 0 Å². The molecule has 26 heavy (non-hydrogen) atoms. The number of halogens is 2. The molecule has 2 heterocycles. The lowest BCUT2D eigenvalue weighted by molar-refractivity contribution is -0.120. The first kappa shape index (κ1) is 17.0. The van der Waals surface area contributed by atoms with Crippen molar-refractivity contribution in [3.05, 3.63) is 47.2 Å². The summed E-state index contributed by atoms with van der Waals surface area (Å²) in [6, 6.07) is 9.97. The van der Waals surface area contributed by atoms with Gasteiger partial charge in [0.25, 0.3) is 0 Å². The molecule has 7 heteroatoms. The molecule has 0 radical (unpaired) electrons. The molecule has 1 aromatic heterocycles. The fraction of sp³-hybridized carbons (Fsp3) is 0.263. The van der Waals surface area contributed by atoms with Crippen LogP contribution in [0.25, 0.3) is 22.0 Å². The van der Waals surface area contributed by atoms with E-state index in [9.17, 15) is 9.18 Å². The lowest BCUT2D eigenvalue weighted by Crippen LogP contribution is -2.37. The number of aromatic amines is 1. The third-order valence-corrected chi connectivity index (χ3v) is 5.04. The van der Waals surface area contributed by atoms with E-state index in [1.54, 1.807) is 30.3 Å². The average Bonchev–Trinajstić information content (AvgIpc) is 3.04. The first-order valence-electron chi connectivity index (χ1n) is 8.57. The largest absolute Gasteiger partial charge is 0.316 e. The number of fused-ring (bicyclic) bond motifs is 1. The second-order valence-electron chi connectivity index (χ2n) is 6.46. The molecule has 1 unspecified atom stereocenters. The van der Waals surface area contributed by atoms with Crippen LogP contribution in [-0.2, 0) is 4.79 Å². The van der Waals surface area contributed by atoms with Gasteiger partial charge in [0.1, 0.15) is 5.82 Å². The van der Waals surface area contributed by atoms with Crippen molar-refractivity contribution in [2.24, 2.45) is 5.92 Å². The van der Waals surface area contributed by atoms with Crippen LogP contribution < -0.4 is 10.6 Å². The Bertz CT molecular complexity index is 945. The number of rotatable bonds is 3. The number of piperidine rings is 1. The van der Waals surface area contributed by atoms with Crippen LogP contribution in [-0.4, -0.2) is 29.2 Å². The Morgan fingerprint density at radius 1 is 1.31 bits per heavy atom. The van der Waals surface area contributed by atoms with Crippen LogP contribution in [0.5, 0.6) is 0 Å². The summed E-state index contributed by atoms with van der Waals surface area (Å²) in [7, 11) is 0. The van der Waals surface area contributed by atoms with Crippen LogP contribution in [0.3, 0.4) is 0 Å². The van der Waals surface area contributed by atoms with Gasteiger partial charge in [-0.05, 0) is 49.2 Å². The number of carbonyl (C=O) groups is 1. The van der Waals surface area contributed by atoms with Crippen molar-refractivity contribution in [3.63, 3.8) is 0 Å². The standard InChI is InChI=1S/C19H18ClFN4O/c20-14-4-1-5-15(21)17(14)11-6-7-16-13(9-11)18(25-24-16)23-19(26)12-3-2-8-22-10-12/h1,4-7,9,12,22H,2-3,8,10H2,(H2,23,24,25,26). The van der Waals surface area contributed by atoms with Gasteiger partial charge in [0, 0.05) is 17.5 Å². The predicted octanol–water partition coefficient (Wildman–Crippen LogP) is 3.96. The highest BCUT2D eigenvalue weighted by molar-refractivity contribution is 6.33. The van der Waals surface area contributed by atoms with Gasteiger partial charge in [-0.3, -0.25) is 9.89 Å². The summed E-state index contributed by atoms with van der Waals surface area (Å²) in [5.74, 6) is -0.0660. The van der Waals surface area contributed by atoms with Gasteiger partial charge in [0.05, 0.1) is 16.5 Å². The number of amides is 1. The van der Waals surface area contributed by atoms with Crippen molar-refractivity contribution in [1.82, 2.24) is 15.5 Å². The molecule has 1 aliphatic heterocycles. The molecular weight excluding hydrogens is 355 g/mol. The summed E-state index contributed by atoms with van der Waals surface area (Å²) < 4.78 is 14.2. The van der Waals surface area contributed by atoms with Crippen LogP contribution in [0.1, 0.15) is 12.8 Å². The quantitative estimate of drug-likeness (QED) is 0.651. The Kier molecular flexibility index (Phi) is 4.61. The maximum absolute atomic E-state index is 14.2. The van der Waals surface area contributed by atoms with Crippen LogP contribution in [0.15, 0.2) is 36.4 Å². The molecule has 1 amide bonds. The van der Waals surface area contributed by atoms with Gasteiger partial charge in [-0.25, -0.2) is 4.39 Å². The maximum atomic E-state index is 14.2. The van der Waals surface area contributed by atoms with Crippen molar-refractivity contribution in [3.8, 4) is 11.1 Å². The second-order valence-corrected chi connectivity index (χ2v) is 6.87. The van der Waals surface area contributed by atoms with E-state index in [1.165, 1.54) is 6.07 Å². The van der Waals surface area contributed by atoms with Crippen LogP contribution in [0, 0.1) is 11.7 Å². The Hall–Kier alpha value is -2.44. The van der Waals surface area contributed by atoms with E-state index in [-0.39, 0.29) is 17.6 Å². The predicted molar refractivity (Wildman–Crippen MR) is 101 cm³/mol. The Balaban J connectivity index is 1.68. The van der Waals surface area contributed by atoms with E-state index >= 15 is 0 Å². The van der Waals surface area contributed by atoms with Gasteiger partial charge >= 0.3 is 0 Å². The monoisotopic (exact) mass is 372 g/mol. The van der Waals surface area contributed by atoms with Crippen molar-refractivity contribution < 1.29 is 9.18 Å². The van der Waals surface area contributed by atoms with Crippen LogP contribution in [0.2, 0.25) is 5.02 Å². The zero-order chi connectivity index (χ0) is 18.1. The van der Waals surface area contributed by atoms with Crippen molar-refractivity contribution in [1.29, 1.82) is 0 Å². The summed E-state index contributed by atoms with van der Waals surface area (Å²) >= 11 is 6.17. The third-order valence-electron chi connectivity index (χ3n) is 4.72. The molecule has 3 aromatic rings. The summed E-state index contributed by atoms with van der Waals surface area (Å²) in [6.45, 7) is 1.62. The lowest BCUT2D eigenvalue weighted by atomic mass is 9.99. The van der Waals surface area contributed by atoms with E-state index in [0.717, 1.165) is 30.3 Å². The smallest absolute Gasteiger partial charge is 0.229 e. The van der Waals surface area contributed by atoms with E-state index in [4.69, 9.17) is 11.6 Å². The summed E-state index contributed by atoms with van der Waals surface area (Å²) in [5.41, 5.74) is 1.74. The van der Waals surface area contributed by atoms with E-state index < -0.39 is 0 Å². The van der Waals surface area contributed by atoms with E-state index in [0.29, 0.717) is 28.5 Å². The normalized spacial score (nSPS) is 17.4.